The predicted molar refractivity (Wildman–Crippen MR) is 140 cm³/mol. The smallest absolute Gasteiger partial charge is 0.228 e. The molecule has 0 spiro atoms. The summed E-state index contributed by atoms with van der Waals surface area (Å²) in [5.41, 5.74) is 2.77. The van der Waals surface area contributed by atoms with Gasteiger partial charge in [0.05, 0.1) is 24.2 Å². The van der Waals surface area contributed by atoms with Gasteiger partial charge < -0.3 is 19.9 Å². The second-order valence-corrected chi connectivity index (χ2v) is 11.6. The number of pyridine rings is 1. The van der Waals surface area contributed by atoms with E-state index >= 15 is 0 Å². The maximum Gasteiger partial charge on any atom is 0.228 e. The van der Waals surface area contributed by atoms with Gasteiger partial charge in [0.25, 0.3) is 0 Å². The number of amides is 1. The van der Waals surface area contributed by atoms with Gasteiger partial charge >= 0.3 is 0 Å². The van der Waals surface area contributed by atoms with Crippen LogP contribution in [0.3, 0.4) is 0 Å². The molecule has 3 heterocycles. The summed E-state index contributed by atoms with van der Waals surface area (Å²) in [5.74, 6) is 1.58. The third kappa shape index (κ3) is 3.99. The van der Waals surface area contributed by atoms with Crippen molar-refractivity contribution in [2.24, 2.45) is 16.3 Å². The highest BCUT2D eigenvalue weighted by Gasteiger charge is 2.54. The molecule has 2 bridgehead atoms. The molecule has 3 aromatic heterocycles. The number of nitriles is 1. The van der Waals surface area contributed by atoms with Crippen molar-refractivity contribution in [2.75, 3.05) is 6.54 Å². The van der Waals surface area contributed by atoms with E-state index in [1.807, 2.05) is 12.4 Å². The largest absolute Gasteiger partial charge is 0.350 e. The van der Waals surface area contributed by atoms with E-state index in [0.717, 1.165) is 98.6 Å². The Morgan fingerprint density at radius 3 is 2.83 bits per heavy atom. The summed E-state index contributed by atoms with van der Waals surface area (Å²) in [5, 5.41) is 13.8. The molecule has 0 radical (unpaired) electrons. The standard InChI is InChI=1S/C28H35N7O/c1-30-14-6-19-2-4-20(5-3-19)35-23(33-22-17-32-26-21(25(22)35)7-15-31-26)16-24(36)34-28-10-8-27(18-28,9-11-28)12-13-29/h7,15,17,19-20H,1-6,8-12,14,16,18H2,(H,31,32)(H,34,36)/t19-,20-,27?,28?. The van der Waals surface area contributed by atoms with Crippen molar-refractivity contribution in [3.8, 4) is 6.07 Å². The Morgan fingerprint density at radius 2 is 2.08 bits per heavy atom. The van der Waals surface area contributed by atoms with Crippen LogP contribution in [0.2, 0.25) is 0 Å². The first-order valence-electron chi connectivity index (χ1n) is 13.5. The van der Waals surface area contributed by atoms with Crippen LogP contribution >= 0.6 is 0 Å². The molecule has 188 valence electrons. The van der Waals surface area contributed by atoms with Crippen molar-refractivity contribution >= 4 is 34.7 Å². The molecule has 6 rings (SSSR count). The molecule has 0 saturated heterocycles. The SMILES string of the molecule is C=NCC[C@H]1CC[C@H](n2c(CC(=O)NC34CCC(CC#N)(CC3)C4)nc3cnc4[nH]ccc4c32)CC1. The third-order valence-electron chi connectivity index (χ3n) is 9.34. The van der Waals surface area contributed by atoms with Gasteiger partial charge in [-0.2, -0.15) is 5.26 Å². The molecule has 3 fully saturated rings. The van der Waals surface area contributed by atoms with Crippen molar-refractivity contribution in [3.05, 3.63) is 24.3 Å². The summed E-state index contributed by atoms with van der Waals surface area (Å²) in [7, 11) is 0. The van der Waals surface area contributed by atoms with Gasteiger partial charge in [-0.3, -0.25) is 4.79 Å². The number of hydrogen-bond acceptors (Lipinski definition) is 5. The maximum atomic E-state index is 13.4. The van der Waals surface area contributed by atoms with E-state index < -0.39 is 0 Å². The Balaban J connectivity index is 1.27. The van der Waals surface area contributed by atoms with Crippen molar-refractivity contribution in [3.63, 3.8) is 0 Å². The lowest BCUT2D eigenvalue weighted by atomic mass is 9.81. The van der Waals surface area contributed by atoms with Gasteiger partial charge in [0.1, 0.15) is 17.0 Å². The molecule has 0 unspecified atom stereocenters. The molecule has 8 nitrogen and oxygen atoms in total. The molecule has 3 saturated carbocycles. The second-order valence-electron chi connectivity index (χ2n) is 11.6. The third-order valence-corrected chi connectivity index (χ3v) is 9.34. The number of carbonyl (C=O) groups is 1. The van der Waals surface area contributed by atoms with E-state index in [1.54, 1.807) is 0 Å². The van der Waals surface area contributed by atoms with Gasteiger partial charge in [0.15, 0.2) is 0 Å². The first kappa shape index (κ1) is 23.2. The highest BCUT2D eigenvalue weighted by molar-refractivity contribution is 6.01. The summed E-state index contributed by atoms with van der Waals surface area (Å²) >= 11 is 0. The van der Waals surface area contributed by atoms with Gasteiger partial charge in [-0.05, 0) is 88.3 Å². The van der Waals surface area contributed by atoms with Gasteiger partial charge in [-0.15, -0.1) is 0 Å². The van der Waals surface area contributed by atoms with Crippen LogP contribution in [0.25, 0.3) is 22.1 Å². The Kier molecular flexibility index (Phi) is 5.82. The van der Waals surface area contributed by atoms with Crippen LogP contribution in [-0.2, 0) is 11.2 Å². The molecule has 3 aliphatic rings. The molecule has 2 N–H and O–H groups in total. The molecule has 3 aliphatic carbocycles. The molecule has 0 atom stereocenters. The minimum Gasteiger partial charge on any atom is -0.350 e. The number of nitrogens with one attached hydrogen (secondary N) is 2. The fourth-order valence-corrected chi connectivity index (χ4v) is 7.51. The highest BCUT2D eigenvalue weighted by atomic mass is 16.1. The summed E-state index contributed by atoms with van der Waals surface area (Å²) in [6.07, 6.45) is 15.2. The molecule has 0 aliphatic heterocycles. The Hall–Kier alpha value is -3.21. The Morgan fingerprint density at radius 1 is 1.28 bits per heavy atom. The van der Waals surface area contributed by atoms with Crippen LogP contribution in [0, 0.1) is 22.7 Å². The summed E-state index contributed by atoms with van der Waals surface area (Å²) in [6, 6.07) is 4.77. The number of fused-ring (bicyclic) bond motifs is 5. The fourth-order valence-electron chi connectivity index (χ4n) is 7.51. The van der Waals surface area contributed by atoms with Gasteiger partial charge in [-0.25, -0.2) is 9.97 Å². The van der Waals surface area contributed by atoms with Gasteiger partial charge in [0, 0.05) is 36.1 Å². The first-order valence-corrected chi connectivity index (χ1v) is 13.5. The van der Waals surface area contributed by atoms with E-state index in [4.69, 9.17) is 4.98 Å². The average Bonchev–Trinajstić information content (AvgIpc) is 3.64. The lowest BCUT2D eigenvalue weighted by Crippen LogP contribution is -2.46. The number of H-pyrrole nitrogens is 1. The van der Waals surface area contributed by atoms with Gasteiger partial charge in [0.2, 0.25) is 5.91 Å². The summed E-state index contributed by atoms with van der Waals surface area (Å²) < 4.78 is 2.36. The van der Waals surface area contributed by atoms with E-state index in [1.165, 1.54) is 0 Å². The highest BCUT2D eigenvalue weighted by Crippen LogP contribution is 2.58. The lowest BCUT2D eigenvalue weighted by Gasteiger charge is -2.31. The number of aliphatic imine (C=N–C) groups is 1. The van der Waals surface area contributed by atoms with Crippen LogP contribution < -0.4 is 5.32 Å². The zero-order valence-corrected chi connectivity index (χ0v) is 20.9. The Bertz CT molecular complexity index is 1330. The molecular weight excluding hydrogens is 450 g/mol. The quantitative estimate of drug-likeness (QED) is 0.437. The van der Waals surface area contributed by atoms with E-state index in [2.05, 4.69) is 43.7 Å². The number of imidazole rings is 1. The Labute approximate surface area is 211 Å². The molecule has 1 amide bonds. The van der Waals surface area contributed by atoms with Crippen molar-refractivity contribution < 1.29 is 4.79 Å². The molecule has 3 aromatic rings. The zero-order chi connectivity index (χ0) is 24.8. The minimum atomic E-state index is -0.141. The predicted octanol–water partition coefficient (Wildman–Crippen LogP) is 5.01. The van der Waals surface area contributed by atoms with E-state index in [0.29, 0.717) is 18.4 Å². The molecule has 8 heteroatoms. The minimum absolute atomic E-state index is 0.0465. The topological polar surface area (TPSA) is 112 Å². The number of hydrogen-bond donors (Lipinski definition) is 2. The first-order chi connectivity index (χ1) is 17.5. The van der Waals surface area contributed by atoms with Crippen LogP contribution in [0.5, 0.6) is 0 Å². The van der Waals surface area contributed by atoms with Crippen molar-refractivity contribution in [1.82, 2.24) is 24.8 Å². The number of carbonyl (C=O) groups excluding carboxylic acids is 1. The van der Waals surface area contributed by atoms with E-state index in [9.17, 15) is 10.1 Å². The fraction of sp³-hybridized carbons (Fsp3) is 0.607. The number of nitrogens with zero attached hydrogens (tertiary/aromatic N) is 5. The zero-order valence-electron chi connectivity index (χ0n) is 20.9. The van der Waals surface area contributed by atoms with Crippen molar-refractivity contribution in [2.45, 2.75) is 88.6 Å². The van der Waals surface area contributed by atoms with Crippen LogP contribution in [0.1, 0.15) is 82.5 Å². The lowest BCUT2D eigenvalue weighted by molar-refractivity contribution is -0.122. The number of rotatable bonds is 8. The molecule has 36 heavy (non-hydrogen) atoms. The summed E-state index contributed by atoms with van der Waals surface area (Å²) in [6.45, 7) is 4.47. The van der Waals surface area contributed by atoms with Crippen LogP contribution in [0.15, 0.2) is 23.5 Å². The van der Waals surface area contributed by atoms with Crippen LogP contribution in [0.4, 0.5) is 0 Å². The summed E-state index contributed by atoms with van der Waals surface area (Å²) in [4.78, 5) is 30.2. The molecular formula is C28H35N7O. The average molecular weight is 486 g/mol. The van der Waals surface area contributed by atoms with Gasteiger partial charge in [-0.1, -0.05) is 0 Å². The normalized spacial score (nSPS) is 29.5. The van der Waals surface area contributed by atoms with E-state index in [-0.39, 0.29) is 23.3 Å². The molecule has 0 aromatic carbocycles. The second kappa shape index (κ2) is 9.02. The van der Waals surface area contributed by atoms with Crippen molar-refractivity contribution in [1.29, 1.82) is 5.26 Å². The monoisotopic (exact) mass is 485 g/mol. The number of aromatic nitrogens is 4. The van der Waals surface area contributed by atoms with Crippen LogP contribution in [-0.4, -0.2) is 44.2 Å². The number of aromatic amines is 1. The maximum absolute atomic E-state index is 13.4.